The molecule has 1 atom stereocenters. The second kappa shape index (κ2) is 11.8. The van der Waals surface area contributed by atoms with Crippen LogP contribution in [-0.4, -0.2) is 25.5 Å². The van der Waals surface area contributed by atoms with E-state index < -0.39 is 11.8 Å². The molecule has 0 spiro atoms. The maximum atomic E-state index is 13.0. The van der Waals surface area contributed by atoms with Gasteiger partial charge < -0.3 is 16.4 Å². The summed E-state index contributed by atoms with van der Waals surface area (Å²) in [5.41, 5.74) is 7.35. The summed E-state index contributed by atoms with van der Waals surface area (Å²) in [6.07, 6.45) is 0.425. The van der Waals surface area contributed by atoms with E-state index in [1.807, 2.05) is 24.3 Å². The first-order valence-electron chi connectivity index (χ1n) is 8.20. The maximum absolute atomic E-state index is 13.0. The van der Waals surface area contributed by atoms with Crippen LogP contribution in [-0.2, 0) is 17.8 Å². The Bertz CT molecular complexity index is 771. The monoisotopic (exact) mass is 504 g/mol. The first-order valence-corrected chi connectivity index (χ1v) is 8.58. The summed E-state index contributed by atoms with van der Waals surface area (Å²) in [7, 11) is 1.65. The third-order valence-corrected chi connectivity index (χ3v) is 4.12. The molecule has 0 aliphatic heterocycles. The van der Waals surface area contributed by atoms with Gasteiger partial charge in [0, 0.05) is 25.2 Å². The highest BCUT2D eigenvalue weighted by Gasteiger charge is 2.16. The molecule has 1 unspecified atom stereocenters. The number of aliphatic imine (C=N–C) groups is 1. The third kappa shape index (κ3) is 8.13. The molecule has 0 aliphatic carbocycles. The first kappa shape index (κ1) is 23.2. The molecule has 0 heterocycles. The van der Waals surface area contributed by atoms with E-state index in [4.69, 9.17) is 17.3 Å². The summed E-state index contributed by atoms with van der Waals surface area (Å²) in [4.78, 5) is 15.9. The van der Waals surface area contributed by atoms with Gasteiger partial charge in [-0.3, -0.25) is 9.79 Å². The highest BCUT2D eigenvalue weighted by Crippen LogP contribution is 2.11. The van der Waals surface area contributed by atoms with Crippen molar-refractivity contribution in [2.24, 2.45) is 16.6 Å². The minimum atomic E-state index is -0.440. The predicted octanol–water partition coefficient (Wildman–Crippen LogP) is 3.11. The Morgan fingerprint density at radius 3 is 2.48 bits per heavy atom. The molecule has 146 valence electrons. The number of hydrogen-bond acceptors (Lipinski definition) is 2. The average Bonchev–Trinajstić information content (AvgIpc) is 2.62. The summed E-state index contributed by atoms with van der Waals surface area (Å²) in [6.45, 7) is 0.862. The van der Waals surface area contributed by atoms with Crippen LogP contribution < -0.4 is 16.4 Å². The van der Waals surface area contributed by atoms with E-state index in [0.29, 0.717) is 30.5 Å². The van der Waals surface area contributed by atoms with Gasteiger partial charge in [-0.1, -0.05) is 35.9 Å². The number of halogens is 3. The number of nitrogens with zero attached hydrogens (tertiary/aromatic N) is 1. The number of nitrogens with two attached hydrogens (primary N) is 1. The summed E-state index contributed by atoms with van der Waals surface area (Å²) >= 11 is 5.97. The lowest BCUT2D eigenvalue weighted by molar-refractivity contribution is -0.121. The zero-order valence-electron chi connectivity index (χ0n) is 14.9. The number of amides is 1. The zero-order valence-corrected chi connectivity index (χ0v) is 18.0. The number of guanidine groups is 1. The van der Waals surface area contributed by atoms with Crippen molar-refractivity contribution in [2.75, 3.05) is 13.6 Å². The lowest BCUT2D eigenvalue weighted by Crippen LogP contribution is -2.42. The van der Waals surface area contributed by atoms with Gasteiger partial charge in [-0.05, 0) is 41.8 Å². The molecular weight excluding hydrogens is 482 g/mol. The van der Waals surface area contributed by atoms with E-state index in [1.165, 1.54) is 12.1 Å². The molecule has 0 fully saturated rings. The molecule has 0 aliphatic rings. The standard InChI is InChI=1S/C19H22ClFN4O.HI/c1-23-19(24-11-14-3-2-4-16(20)10-14)25-12-15(18(22)26)9-13-5-7-17(21)8-6-13;/h2-8,10,15H,9,11-12H2,1H3,(H2,22,26)(H2,23,24,25);1H. The number of carbonyl (C=O) groups is 1. The largest absolute Gasteiger partial charge is 0.369 e. The summed E-state index contributed by atoms with van der Waals surface area (Å²) in [5, 5.41) is 6.92. The summed E-state index contributed by atoms with van der Waals surface area (Å²) < 4.78 is 13.0. The van der Waals surface area contributed by atoms with Crippen molar-refractivity contribution in [1.82, 2.24) is 10.6 Å². The van der Waals surface area contributed by atoms with Gasteiger partial charge in [-0.2, -0.15) is 0 Å². The maximum Gasteiger partial charge on any atom is 0.222 e. The normalized spacial score (nSPS) is 12.0. The van der Waals surface area contributed by atoms with Gasteiger partial charge in [0.1, 0.15) is 5.82 Å². The Kier molecular flexibility index (Phi) is 10.1. The Labute approximate surface area is 180 Å². The van der Waals surface area contributed by atoms with E-state index in [-0.39, 0.29) is 29.8 Å². The third-order valence-electron chi connectivity index (χ3n) is 3.89. The number of primary amides is 1. The Hall–Kier alpha value is -1.87. The Balaban J connectivity index is 0.00000364. The van der Waals surface area contributed by atoms with Gasteiger partial charge in [-0.15, -0.1) is 24.0 Å². The second-order valence-corrected chi connectivity index (χ2v) is 6.30. The average molecular weight is 505 g/mol. The molecule has 8 heteroatoms. The van der Waals surface area contributed by atoms with Gasteiger partial charge >= 0.3 is 0 Å². The number of carbonyl (C=O) groups excluding carboxylic acids is 1. The van der Waals surface area contributed by atoms with E-state index in [0.717, 1.165) is 11.1 Å². The first-order chi connectivity index (χ1) is 12.5. The second-order valence-electron chi connectivity index (χ2n) is 5.87. The SMILES string of the molecule is CN=C(NCc1cccc(Cl)c1)NCC(Cc1ccc(F)cc1)C(N)=O.I. The van der Waals surface area contributed by atoms with Gasteiger partial charge in [0.05, 0.1) is 5.92 Å². The minimum absolute atomic E-state index is 0. The predicted molar refractivity (Wildman–Crippen MR) is 118 cm³/mol. The van der Waals surface area contributed by atoms with Crippen molar-refractivity contribution in [3.05, 3.63) is 70.5 Å². The molecular formula is C19H23ClFIN4O. The van der Waals surface area contributed by atoms with Gasteiger partial charge in [0.2, 0.25) is 5.91 Å². The van der Waals surface area contributed by atoms with Crippen LogP contribution in [0, 0.1) is 11.7 Å². The zero-order chi connectivity index (χ0) is 18.9. The van der Waals surface area contributed by atoms with E-state index in [1.54, 1.807) is 19.2 Å². The lowest BCUT2D eigenvalue weighted by atomic mass is 9.98. The molecule has 0 radical (unpaired) electrons. The van der Waals surface area contributed by atoms with Crippen LogP contribution in [0.15, 0.2) is 53.5 Å². The van der Waals surface area contributed by atoms with Gasteiger partial charge in [0.15, 0.2) is 5.96 Å². The summed E-state index contributed by atoms with van der Waals surface area (Å²) in [5.74, 6) is -0.624. The van der Waals surface area contributed by atoms with Crippen LogP contribution in [0.3, 0.4) is 0 Å². The van der Waals surface area contributed by atoms with Gasteiger partial charge in [-0.25, -0.2) is 4.39 Å². The quantitative estimate of drug-likeness (QED) is 0.308. The Morgan fingerprint density at radius 1 is 1.19 bits per heavy atom. The van der Waals surface area contributed by atoms with Crippen molar-refractivity contribution >= 4 is 47.4 Å². The number of nitrogens with one attached hydrogen (secondary N) is 2. The fraction of sp³-hybridized carbons (Fsp3) is 0.263. The van der Waals surface area contributed by atoms with Crippen molar-refractivity contribution in [3.63, 3.8) is 0 Å². The molecule has 2 aromatic carbocycles. The van der Waals surface area contributed by atoms with E-state index >= 15 is 0 Å². The molecule has 5 nitrogen and oxygen atoms in total. The molecule has 0 bridgehead atoms. The van der Waals surface area contributed by atoms with Crippen LogP contribution in [0.1, 0.15) is 11.1 Å². The smallest absolute Gasteiger partial charge is 0.222 e. The number of hydrogen-bond donors (Lipinski definition) is 3. The molecule has 27 heavy (non-hydrogen) atoms. The summed E-state index contributed by atoms with van der Waals surface area (Å²) in [6, 6.07) is 13.5. The molecule has 0 saturated carbocycles. The topological polar surface area (TPSA) is 79.5 Å². The van der Waals surface area contributed by atoms with Crippen molar-refractivity contribution < 1.29 is 9.18 Å². The molecule has 4 N–H and O–H groups in total. The van der Waals surface area contributed by atoms with Crippen LogP contribution >= 0.6 is 35.6 Å². The molecule has 1 amide bonds. The molecule has 0 saturated heterocycles. The highest BCUT2D eigenvalue weighted by atomic mass is 127. The molecule has 0 aromatic heterocycles. The van der Waals surface area contributed by atoms with E-state index in [2.05, 4.69) is 15.6 Å². The Morgan fingerprint density at radius 2 is 1.89 bits per heavy atom. The van der Waals surface area contributed by atoms with Crippen LogP contribution in [0.25, 0.3) is 0 Å². The number of benzene rings is 2. The van der Waals surface area contributed by atoms with Crippen molar-refractivity contribution in [1.29, 1.82) is 0 Å². The molecule has 2 rings (SSSR count). The minimum Gasteiger partial charge on any atom is -0.369 e. The fourth-order valence-electron chi connectivity index (χ4n) is 2.45. The lowest BCUT2D eigenvalue weighted by Gasteiger charge is -2.17. The van der Waals surface area contributed by atoms with Gasteiger partial charge in [0.25, 0.3) is 0 Å². The highest BCUT2D eigenvalue weighted by molar-refractivity contribution is 14.0. The van der Waals surface area contributed by atoms with Crippen LogP contribution in [0.2, 0.25) is 5.02 Å². The molecule has 2 aromatic rings. The number of rotatable bonds is 7. The van der Waals surface area contributed by atoms with Crippen LogP contribution in [0.5, 0.6) is 0 Å². The van der Waals surface area contributed by atoms with Crippen LogP contribution in [0.4, 0.5) is 4.39 Å². The van der Waals surface area contributed by atoms with E-state index in [9.17, 15) is 9.18 Å². The fourth-order valence-corrected chi connectivity index (χ4v) is 2.66. The van der Waals surface area contributed by atoms with Crippen molar-refractivity contribution in [2.45, 2.75) is 13.0 Å². The van der Waals surface area contributed by atoms with Crippen molar-refractivity contribution in [3.8, 4) is 0 Å².